The normalized spacial score (nSPS) is 12.8. The van der Waals surface area contributed by atoms with E-state index in [9.17, 15) is 9.90 Å². The van der Waals surface area contributed by atoms with Crippen molar-refractivity contribution in [3.8, 4) is 11.5 Å². The van der Waals surface area contributed by atoms with Gasteiger partial charge in [-0.3, -0.25) is 4.79 Å². The zero-order chi connectivity index (χ0) is 15.3. The first-order valence-electron chi connectivity index (χ1n) is 6.53. The van der Waals surface area contributed by atoms with Crippen LogP contribution in [0.5, 0.6) is 11.5 Å². The van der Waals surface area contributed by atoms with Crippen LogP contribution in [0.15, 0.2) is 18.2 Å². The molecule has 1 unspecified atom stereocenters. The molecule has 0 fully saturated rings. The van der Waals surface area contributed by atoms with Gasteiger partial charge in [-0.25, -0.2) is 0 Å². The van der Waals surface area contributed by atoms with Gasteiger partial charge in [0.25, 0.3) is 5.91 Å². The molecule has 1 rings (SSSR count). The molecule has 1 aromatic rings. The number of carbonyl (C=O) groups excluding carboxylic acids is 1. The fourth-order valence-corrected chi connectivity index (χ4v) is 3.04. The van der Waals surface area contributed by atoms with Crippen LogP contribution < -0.4 is 10.1 Å². The van der Waals surface area contributed by atoms with Gasteiger partial charge >= 0.3 is 0 Å². The standard InChI is InChI=1S/C15H22BrNO3/c1-15(2,3)8-10(16)9-17-14(19)11-6-5-7-12(20-4)13(11)18/h5-7,10,18H,8-9H2,1-4H3,(H,17,19). The van der Waals surface area contributed by atoms with E-state index >= 15 is 0 Å². The van der Waals surface area contributed by atoms with Crippen LogP contribution in [0.4, 0.5) is 0 Å². The van der Waals surface area contributed by atoms with Crippen LogP contribution in [0.25, 0.3) is 0 Å². The Labute approximate surface area is 128 Å². The third kappa shape index (κ3) is 5.04. The molecule has 0 aliphatic rings. The number of phenols is 1. The molecule has 0 radical (unpaired) electrons. The number of carbonyl (C=O) groups is 1. The summed E-state index contributed by atoms with van der Waals surface area (Å²) in [6.45, 7) is 6.96. The Balaban J connectivity index is 2.64. The quantitative estimate of drug-likeness (QED) is 0.806. The number of hydrogen-bond acceptors (Lipinski definition) is 3. The highest BCUT2D eigenvalue weighted by molar-refractivity contribution is 9.09. The highest BCUT2D eigenvalue weighted by atomic mass is 79.9. The average molecular weight is 344 g/mol. The van der Waals surface area contributed by atoms with Crippen molar-refractivity contribution in [3.63, 3.8) is 0 Å². The van der Waals surface area contributed by atoms with Crippen molar-refractivity contribution >= 4 is 21.8 Å². The summed E-state index contributed by atoms with van der Waals surface area (Å²) in [5.41, 5.74) is 0.414. The lowest BCUT2D eigenvalue weighted by Crippen LogP contribution is -2.31. The average Bonchev–Trinajstić information content (AvgIpc) is 2.34. The van der Waals surface area contributed by atoms with Gasteiger partial charge in [-0.2, -0.15) is 0 Å². The van der Waals surface area contributed by atoms with Crippen molar-refractivity contribution in [3.05, 3.63) is 23.8 Å². The van der Waals surface area contributed by atoms with Gasteiger partial charge in [0.2, 0.25) is 0 Å². The first-order chi connectivity index (χ1) is 9.24. The third-order valence-electron chi connectivity index (χ3n) is 2.78. The second-order valence-corrected chi connectivity index (χ2v) is 7.22. The molecule has 20 heavy (non-hydrogen) atoms. The highest BCUT2D eigenvalue weighted by Gasteiger charge is 2.19. The summed E-state index contributed by atoms with van der Waals surface area (Å²) < 4.78 is 4.99. The highest BCUT2D eigenvalue weighted by Crippen LogP contribution is 2.29. The van der Waals surface area contributed by atoms with Crippen LogP contribution in [0.3, 0.4) is 0 Å². The molecule has 4 nitrogen and oxygen atoms in total. The third-order valence-corrected chi connectivity index (χ3v) is 3.43. The minimum absolute atomic E-state index is 0.130. The molecule has 0 saturated heterocycles. The molecular weight excluding hydrogens is 322 g/mol. The van der Waals surface area contributed by atoms with Crippen LogP contribution in [0.2, 0.25) is 0 Å². The number of phenolic OH excluding ortho intramolecular Hbond substituents is 1. The molecule has 1 aromatic carbocycles. The SMILES string of the molecule is COc1cccc(C(=O)NCC(Br)CC(C)(C)C)c1O. The molecule has 0 aromatic heterocycles. The van der Waals surface area contributed by atoms with Gasteiger partial charge in [-0.15, -0.1) is 0 Å². The second-order valence-electron chi connectivity index (χ2n) is 5.93. The van der Waals surface area contributed by atoms with Gasteiger partial charge in [-0.1, -0.05) is 42.8 Å². The van der Waals surface area contributed by atoms with Gasteiger partial charge < -0.3 is 15.2 Å². The molecule has 1 amide bonds. The molecule has 0 aliphatic carbocycles. The Bertz CT molecular complexity index is 469. The maximum Gasteiger partial charge on any atom is 0.255 e. The van der Waals surface area contributed by atoms with Crippen molar-refractivity contribution in [2.45, 2.75) is 32.0 Å². The maximum atomic E-state index is 12.1. The van der Waals surface area contributed by atoms with E-state index in [0.717, 1.165) is 6.42 Å². The smallest absolute Gasteiger partial charge is 0.255 e. The topological polar surface area (TPSA) is 58.6 Å². The number of hydrogen-bond donors (Lipinski definition) is 2. The second kappa shape index (κ2) is 6.97. The largest absolute Gasteiger partial charge is 0.504 e. The zero-order valence-corrected chi connectivity index (χ0v) is 14.0. The number of benzene rings is 1. The molecule has 112 valence electrons. The number of amides is 1. The van der Waals surface area contributed by atoms with Gasteiger partial charge in [0.15, 0.2) is 11.5 Å². The predicted molar refractivity (Wildman–Crippen MR) is 83.8 cm³/mol. The predicted octanol–water partition coefficient (Wildman–Crippen LogP) is 3.33. The Morgan fingerprint density at radius 1 is 1.45 bits per heavy atom. The molecule has 0 aliphatic heterocycles. The monoisotopic (exact) mass is 343 g/mol. The van der Waals surface area contributed by atoms with Gasteiger partial charge in [-0.05, 0) is 24.0 Å². The summed E-state index contributed by atoms with van der Waals surface area (Å²) in [5.74, 6) is -0.142. The first kappa shape index (κ1) is 16.8. The number of nitrogens with one attached hydrogen (secondary N) is 1. The number of methoxy groups -OCH3 is 1. The van der Waals surface area contributed by atoms with Gasteiger partial charge in [0.05, 0.1) is 12.7 Å². The maximum absolute atomic E-state index is 12.1. The summed E-state index contributed by atoms with van der Waals surface area (Å²) in [6, 6.07) is 4.85. The number of rotatable bonds is 5. The van der Waals surface area contributed by atoms with Crippen molar-refractivity contribution in [1.29, 1.82) is 0 Å². The summed E-state index contributed by atoms with van der Waals surface area (Å²) in [5, 5.41) is 12.7. The fraction of sp³-hybridized carbons (Fsp3) is 0.533. The zero-order valence-electron chi connectivity index (χ0n) is 12.4. The molecule has 0 bridgehead atoms. The van der Waals surface area contributed by atoms with E-state index < -0.39 is 0 Å². The van der Waals surface area contributed by atoms with Crippen molar-refractivity contribution < 1.29 is 14.6 Å². The van der Waals surface area contributed by atoms with Crippen LogP contribution in [-0.4, -0.2) is 29.5 Å². The minimum atomic E-state index is -0.306. The van der Waals surface area contributed by atoms with Crippen LogP contribution in [-0.2, 0) is 0 Å². The lowest BCUT2D eigenvalue weighted by atomic mass is 9.90. The Kier molecular flexibility index (Phi) is 5.87. The lowest BCUT2D eigenvalue weighted by Gasteiger charge is -2.22. The van der Waals surface area contributed by atoms with E-state index in [2.05, 4.69) is 42.0 Å². The lowest BCUT2D eigenvalue weighted by molar-refractivity contribution is 0.0949. The molecule has 0 saturated carbocycles. The number of aromatic hydroxyl groups is 1. The summed E-state index contributed by atoms with van der Waals surface area (Å²) in [7, 11) is 1.45. The molecule has 0 heterocycles. The number of halogens is 1. The molecule has 0 spiro atoms. The molecule has 5 heteroatoms. The molecular formula is C15H22BrNO3. The Morgan fingerprint density at radius 3 is 2.65 bits per heavy atom. The van der Waals surface area contributed by atoms with Crippen LogP contribution in [0.1, 0.15) is 37.6 Å². The van der Waals surface area contributed by atoms with E-state index in [1.54, 1.807) is 18.2 Å². The van der Waals surface area contributed by atoms with Gasteiger partial charge in [0.1, 0.15) is 0 Å². The van der Waals surface area contributed by atoms with Crippen molar-refractivity contribution in [1.82, 2.24) is 5.32 Å². The van der Waals surface area contributed by atoms with Crippen LogP contribution >= 0.6 is 15.9 Å². The summed E-state index contributed by atoms with van der Waals surface area (Å²) in [4.78, 5) is 12.2. The fourth-order valence-electron chi connectivity index (χ4n) is 1.91. The van der Waals surface area contributed by atoms with E-state index in [0.29, 0.717) is 12.3 Å². The van der Waals surface area contributed by atoms with E-state index in [4.69, 9.17) is 4.74 Å². The summed E-state index contributed by atoms with van der Waals surface area (Å²) >= 11 is 3.56. The van der Waals surface area contributed by atoms with E-state index in [1.165, 1.54) is 7.11 Å². The molecule has 2 N–H and O–H groups in total. The number of alkyl halides is 1. The number of ether oxygens (including phenoxy) is 1. The Hall–Kier alpha value is -1.23. The molecule has 1 atom stereocenters. The van der Waals surface area contributed by atoms with E-state index in [1.807, 2.05) is 0 Å². The minimum Gasteiger partial charge on any atom is -0.504 e. The first-order valence-corrected chi connectivity index (χ1v) is 7.44. The number of para-hydroxylation sites is 1. The van der Waals surface area contributed by atoms with Crippen molar-refractivity contribution in [2.24, 2.45) is 5.41 Å². The van der Waals surface area contributed by atoms with Crippen molar-refractivity contribution in [2.75, 3.05) is 13.7 Å². The van der Waals surface area contributed by atoms with E-state index in [-0.39, 0.29) is 27.5 Å². The Morgan fingerprint density at radius 2 is 2.10 bits per heavy atom. The van der Waals surface area contributed by atoms with Gasteiger partial charge in [0, 0.05) is 11.4 Å². The van der Waals surface area contributed by atoms with Crippen LogP contribution in [0, 0.1) is 5.41 Å². The summed E-state index contributed by atoms with van der Waals surface area (Å²) in [6.07, 6.45) is 0.942.